The van der Waals surface area contributed by atoms with Crippen molar-refractivity contribution in [1.29, 1.82) is 0 Å². The van der Waals surface area contributed by atoms with Crippen molar-refractivity contribution in [3.05, 3.63) is 29.3 Å². The van der Waals surface area contributed by atoms with E-state index in [0.29, 0.717) is 0 Å². The first-order chi connectivity index (χ1) is 10.5. The van der Waals surface area contributed by atoms with Gasteiger partial charge >= 0.3 is 11.8 Å². The van der Waals surface area contributed by atoms with E-state index in [1.165, 1.54) is 0 Å². The molecule has 0 saturated carbocycles. The molecule has 0 aromatic heterocycles. The number of nitrogens with one attached hydrogen (secondary N) is 2. The smallest absolute Gasteiger partial charge is 0.317 e. The molecular weight excluding hydrogens is 280 g/mol. The van der Waals surface area contributed by atoms with E-state index in [9.17, 15) is 9.59 Å². The number of carbonyl (C=O) groups is 2. The van der Waals surface area contributed by atoms with E-state index in [4.69, 9.17) is 0 Å². The second-order valence-electron chi connectivity index (χ2n) is 5.65. The average molecular weight is 304 g/mol. The number of likely N-dealkylation sites (N-methyl/N-ethyl adjacent to an activating group) is 1. The first-order valence-electron chi connectivity index (χ1n) is 7.65. The molecule has 0 aliphatic carbocycles. The lowest BCUT2D eigenvalue weighted by molar-refractivity contribution is -0.139. The van der Waals surface area contributed by atoms with Gasteiger partial charge in [0.1, 0.15) is 0 Å². The zero-order valence-corrected chi connectivity index (χ0v) is 13.5. The molecule has 120 valence electrons. The van der Waals surface area contributed by atoms with Gasteiger partial charge in [-0.1, -0.05) is 25.1 Å². The van der Waals surface area contributed by atoms with Gasteiger partial charge in [0.05, 0.1) is 0 Å². The fourth-order valence-corrected chi connectivity index (χ4v) is 2.48. The molecule has 6 heteroatoms. The molecule has 22 heavy (non-hydrogen) atoms. The number of aryl methyl sites for hydroxylation is 2. The van der Waals surface area contributed by atoms with Gasteiger partial charge in [0.15, 0.2) is 0 Å². The highest BCUT2D eigenvalue weighted by atomic mass is 16.2. The van der Waals surface area contributed by atoms with Crippen LogP contribution in [0.4, 0.5) is 5.69 Å². The Balaban J connectivity index is 1.96. The minimum atomic E-state index is -0.622. The average Bonchev–Trinajstić information content (AvgIpc) is 2.51. The minimum Gasteiger partial charge on any atom is -0.317 e. The summed E-state index contributed by atoms with van der Waals surface area (Å²) in [5.41, 5.74) is 5.40. The van der Waals surface area contributed by atoms with Gasteiger partial charge < -0.3 is 10.2 Å². The van der Waals surface area contributed by atoms with E-state index in [0.717, 1.165) is 49.4 Å². The highest BCUT2D eigenvalue weighted by molar-refractivity contribution is 6.39. The lowest BCUT2D eigenvalue weighted by Gasteiger charge is -2.32. The molecule has 1 fully saturated rings. The standard InChI is InChI=1S/C16H24N4O2/c1-4-13-7-5-6-12(2)14(13)17-15(21)16(22)18-20-10-8-19(3)9-11-20/h5-7H,4,8-11H2,1-3H3,(H,17,21)(H,18,22). The molecule has 6 nitrogen and oxygen atoms in total. The first kappa shape index (κ1) is 16.5. The van der Waals surface area contributed by atoms with E-state index in [1.54, 1.807) is 5.01 Å². The molecule has 1 saturated heterocycles. The normalized spacial score (nSPS) is 16.3. The van der Waals surface area contributed by atoms with Crippen molar-refractivity contribution in [1.82, 2.24) is 15.3 Å². The van der Waals surface area contributed by atoms with Crippen molar-refractivity contribution in [2.75, 3.05) is 38.5 Å². The minimum absolute atomic E-state index is 0.616. The number of nitrogens with zero attached hydrogens (tertiary/aromatic N) is 2. The molecule has 0 spiro atoms. The lowest BCUT2D eigenvalue weighted by Crippen LogP contribution is -2.54. The third-order valence-electron chi connectivity index (χ3n) is 3.95. The van der Waals surface area contributed by atoms with Gasteiger partial charge in [0.2, 0.25) is 0 Å². The van der Waals surface area contributed by atoms with Gasteiger partial charge in [-0.2, -0.15) is 0 Å². The van der Waals surface area contributed by atoms with Crippen LogP contribution in [0.3, 0.4) is 0 Å². The van der Waals surface area contributed by atoms with Crippen LogP contribution in [0.25, 0.3) is 0 Å². The largest absolute Gasteiger partial charge is 0.323 e. The van der Waals surface area contributed by atoms with Gasteiger partial charge in [-0.15, -0.1) is 0 Å². The molecule has 2 rings (SSSR count). The van der Waals surface area contributed by atoms with Crippen molar-refractivity contribution >= 4 is 17.5 Å². The summed E-state index contributed by atoms with van der Waals surface area (Å²) < 4.78 is 0. The summed E-state index contributed by atoms with van der Waals surface area (Å²) in [6.45, 7) is 7.14. The lowest BCUT2D eigenvalue weighted by atomic mass is 10.1. The SMILES string of the molecule is CCc1cccc(C)c1NC(=O)C(=O)NN1CCN(C)CC1. The molecule has 1 aromatic rings. The first-order valence-corrected chi connectivity index (χ1v) is 7.65. The molecule has 1 aliphatic heterocycles. The molecule has 0 radical (unpaired) electrons. The Morgan fingerprint density at radius 2 is 1.82 bits per heavy atom. The van der Waals surface area contributed by atoms with E-state index in [2.05, 4.69) is 15.6 Å². The summed E-state index contributed by atoms with van der Waals surface area (Å²) in [7, 11) is 2.04. The number of carbonyl (C=O) groups excluding carboxylic acids is 2. The monoisotopic (exact) mass is 304 g/mol. The number of hydrazine groups is 1. The van der Waals surface area contributed by atoms with Crippen LogP contribution >= 0.6 is 0 Å². The van der Waals surface area contributed by atoms with Crippen LogP contribution in [-0.2, 0) is 16.0 Å². The maximum Gasteiger partial charge on any atom is 0.323 e. The topological polar surface area (TPSA) is 64.7 Å². The predicted octanol–water partition coefficient (Wildman–Crippen LogP) is 0.775. The summed E-state index contributed by atoms with van der Waals surface area (Å²) in [6, 6.07) is 5.84. The number of para-hydroxylation sites is 1. The van der Waals surface area contributed by atoms with E-state index in [-0.39, 0.29) is 0 Å². The third kappa shape index (κ3) is 4.05. The van der Waals surface area contributed by atoms with Crippen LogP contribution in [0, 0.1) is 6.92 Å². The number of anilines is 1. The maximum atomic E-state index is 12.1. The summed E-state index contributed by atoms with van der Waals surface area (Å²) in [5, 5.41) is 4.53. The maximum absolute atomic E-state index is 12.1. The Labute approximate surface area is 131 Å². The highest BCUT2D eigenvalue weighted by Gasteiger charge is 2.21. The Kier molecular flexibility index (Phi) is 5.51. The van der Waals surface area contributed by atoms with Crippen molar-refractivity contribution in [2.24, 2.45) is 0 Å². The predicted molar refractivity (Wildman–Crippen MR) is 86.4 cm³/mol. The van der Waals surface area contributed by atoms with Crippen molar-refractivity contribution < 1.29 is 9.59 Å². The van der Waals surface area contributed by atoms with Crippen LogP contribution in [-0.4, -0.2) is 54.9 Å². The molecule has 1 aromatic carbocycles. The van der Waals surface area contributed by atoms with Crippen LogP contribution in [0.2, 0.25) is 0 Å². The molecule has 0 unspecified atom stereocenters. The number of amides is 2. The summed E-state index contributed by atoms with van der Waals surface area (Å²) >= 11 is 0. The Bertz CT molecular complexity index is 551. The van der Waals surface area contributed by atoms with E-state index >= 15 is 0 Å². The molecule has 1 heterocycles. The number of hydrogen-bond donors (Lipinski definition) is 2. The van der Waals surface area contributed by atoms with Crippen molar-refractivity contribution in [2.45, 2.75) is 20.3 Å². The summed E-state index contributed by atoms with van der Waals surface area (Å²) in [6.07, 6.45) is 0.803. The van der Waals surface area contributed by atoms with Gasteiger partial charge in [-0.05, 0) is 31.5 Å². The molecule has 0 atom stereocenters. The second kappa shape index (κ2) is 7.38. The van der Waals surface area contributed by atoms with Crippen LogP contribution < -0.4 is 10.7 Å². The second-order valence-corrected chi connectivity index (χ2v) is 5.65. The van der Waals surface area contributed by atoms with E-state index < -0.39 is 11.8 Å². The van der Waals surface area contributed by atoms with Crippen LogP contribution in [0.1, 0.15) is 18.1 Å². The molecule has 1 aliphatic rings. The fraction of sp³-hybridized carbons (Fsp3) is 0.500. The van der Waals surface area contributed by atoms with Crippen LogP contribution in [0.15, 0.2) is 18.2 Å². The number of rotatable bonds is 3. The third-order valence-corrected chi connectivity index (χ3v) is 3.95. The van der Waals surface area contributed by atoms with E-state index in [1.807, 2.05) is 39.1 Å². The van der Waals surface area contributed by atoms with Gasteiger partial charge in [-0.3, -0.25) is 15.0 Å². The molecule has 0 bridgehead atoms. The Morgan fingerprint density at radius 1 is 1.14 bits per heavy atom. The summed E-state index contributed by atoms with van der Waals surface area (Å²) in [4.78, 5) is 26.3. The molecular formula is C16H24N4O2. The van der Waals surface area contributed by atoms with Crippen molar-refractivity contribution in [3.8, 4) is 0 Å². The number of benzene rings is 1. The zero-order valence-electron chi connectivity index (χ0n) is 13.5. The van der Waals surface area contributed by atoms with Crippen molar-refractivity contribution in [3.63, 3.8) is 0 Å². The number of hydrogen-bond acceptors (Lipinski definition) is 4. The summed E-state index contributed by atoms with van der Waals surface area (Å²) in [5.74, 6) is -1.24. The highest BCUT2D eigenvalue weighted by Crippen LogP contribution is 2.20. The van der Waals surface area contributed by atoms with Gasteiger partial charge in [0, 0.05) is 31.9 Å². The Hall–Kier alpha value is -1.92. The van der Waals surface area contributed by atoms with Gasteiger partial charge in [0.25, 0.3) is 0 Å². The molecule has 2 amide bonds. The fourth-order valence-electron chi connectivity index (χ4n) is 2.48. The van der Waals surface area contributed by atoms with Crippen LogP contribution in [0.5, 0.6) is 0 Å². The quantitative estimate of drug-likeness (QED) is 0.810. The molecule has 2 N–H and O–H groups in total. The number of piperazine rings is 1. The van der Waals surface area contributed by atoms with Gasteiger partial charge in [-0.25, -0.2) is 5.01 Å². The zero-order chi connectivity index (χ0) is 16.1. The Morgan fingerprint density at radius 3 is 2.45 bits per heavy atom.